The van der Waals surface area contributed by atoms with Gasteiger partial charge in [0.15, 0.2) is 0 Å². The third kappa shape index (κ3) is 2.41. The molecule has 0 fully saturated rings. The summed E-state index contributed by atoms with van der Waals surface area (Å²) in [6.07, 6.45) is 2.87. The highest BCUT2D eigenvalue weighted by molar-refractivity contribution is 5.29. The van der Waals surface area contributed by atoms with Gasteiger partial charge in [-0.1, -0.05) is 23.4 Å². The van der Waals surface area contributed by atoms with Crippen LogP contribution in [0.3, 0.4) is 0 Å². The van der Waals surface area contributed by atoms with Gasteiger partial charge in [-0.25, -0.2) is 4.68 Å². The molecule has 0 saturated heterocycles. The van der Waals surface area contributed by atoms with Crippen LogP contribution in [0.2, 0.25) is 0 Å². The Morgan fingerprint density at radius 3 is 2.80 bits per heavy atom. The molecule has 15 heavy (non-hydrogen) atoms. The molecule has 2 rings (SSSR count). The highest BCUT2D eigenvalue weighted by atomic mass is 15.4. The van der Waals surface area contributed by atoms with Crippen LogP contribution in [0.15, 0.2) is 36.5 Å². The SMILES string of the molecule is CNCCc1cn(-c2ccccc2)nn1. The molecule has 0 unspecified atom stereocenters. The van der Waals surface area contributed by atoms with Gasteiger partial charge in [-0.3, -0.25) is 0 Å². The molecular formula is C11H14N4. The maximum absolute atomic E-state index is 4.10. The molecule has 0 atom stereocenters. The molecule has 4 nitrogen and oxygen atoms in total. The molecule has 1 N–H and O–H groups in total. The fraction of sp³-hybridized carbons (Fsp3) is 0.273. The number of rotatable bonds is 4. The highest BCUT2D eigenvalue weighted by Crippen LogP contribution is 2.05. The number of likely N-dealkylation sites (N-methyl/N-ethyl adjacent to an activating group) is 1. The monoisotopic (exact) mass is 202 g/mol. The van der Waals surface area contributed by atoms with Gasteiger partial charge in [0, 0.05) is 13.0 Å². The van der Waals surface area contributed by atoms with Crippen molar-refractivity contribution < 1.29 is 0 Å². The van der Waals surface area contributed by atoms with E-state index in [1.165, 1.54) is 0 Å². The molecule has 1 aromatic carbocycles. The van der Waals surface area contributed by atoms with Crippen molar-refractivity contribution in [3.63, 3.8) is 0 Å². The molecule has 0 aliphatic rings. The number of hydrogen-bond donors (Lipinski definition) is 1. The molecule has 0 spiro atoms. The predicted molar refractivity (Wildman–Crippen MR) is 59.0 cm³/mol. The number of nitrogens with zero attached hydrogens (tertiary/aromatic N) is 3. The maximum atomic E-state index is 4.10. The summed E-state index contributed by atoms with van der Waals surface area (Å²) in [5.41, 5.74) is 2.05. The van der Waals surface area contributed by atoms with E-state index in [9.17, 15) is 0 Å². The first-order valence-electron chi connectivity index (χ1n) is 5.01. The van der Waals surface area contributed by atoms with Crippen molar-refractivity contribution in [3.05, 3.63) is 42.2 Å². The van der Waals surface area contributed by atoms with E-state index < -0.39 is 0 Å². The van der Waals surface area contributed by atoms with E-state index in [1.807, 2.05) is 43.6 Å². The van der Waals surface area contributed by atoms with Crippen LogP contribution in [-0.2, 0) is 6.42 Å². The Hall–Kier alpha value is -1.68. The molecule has 78 valence electrons. The van der Waals surface area contributed by atoms with E-state index in [0.717, 1.165) is 24.3 Å². The molecule has 1 aromatic heterocycles. The average Bonchev–Trinajstić information content (AvgIpc) is 2.76. The molecule has 1 heterocycles. The van der Waals surface area contributed by atoms with Crippen LogP contribution in [0.1, 0.15) is 5.69 Å². The number of aromatic nitrogens is 3. The minimum absolute atomic E-state index is 0.906. The zero-order chi connectivity index (χ0) is 10.5. The van der Waals surface area contributed by atoms with Crippen molar-refractivity contribution in [1.82, 2.24) is 20.3 Å². The molecule has 0 radical (unpaired) electrons. The molecule has 0 aliphatic heterocycles. The summed E-state index contributed by atoms with van der Waals surface area (Å²) in [5, 5.41) is 11.3. The smallest absolute Gasteiger partial charge is 0.0844 e. The Bertz CT molecular complexity index is 408. The van der Waals surface area contributed by atoms with E-state index in [0.29, 0.717) is 0 Å². The van der Waals surface area contributed by atoms with Gasteiger partial charge in [0.1, 0.15) is 0 Å². The molecule has 0 bridgehead atoms. The Morgan fingerprint density at radius 1 is 1.27 bits per heavy atom. The Balaban J connectivity index is 2.14. The standard InChI is InChI=1S/C11H14N4/c1-12-8-7-10-9-15(14-13-10)11-5-3-2-4-6-11/h2-6,9,12H,7-8H2,1H3. The Kier molecular flexibility index (Phi) is 3.09. The number of para-hydroxylation sites is 1. The second kappa shape index (κ2) is 4.70. The molecule has 4 heteroatoms. The van der Waals surface area contributed by atoms with Crippen LogP contribution >= 0.6 is 0 Å². The van der Waals surface area contributed by atoms with Crippen LogP contribution in [-0.4, -0.2) is 28.6 Å². The molecule has 0 aliphatic carbocycles. The predicted octanol–water partition coefficient (Wildman–Crippen LogP) is 1.03. The quantitative estimate of drug-likeness (QED) is 0.805. The van der Waals surface area contributed by atoms with Gasteiger partial charge in [-0.05, 0) is 19.2 Å². The summed E-state index contributed by atoms with van der Waals surface area (Å²) >= 11 is 0. The lowest BCUT2D eigenvalue weighted by Gasteiger charge is -1.97. The second-order valence-corrected chi connectivity index (χ2v) is 3.34. The van der Waals surface area contributed by atoms with Crippen molar-refractivity contribution >= 4 is 0 Å². The third-order valence-electron chi connectivity index (χ3n) is 2.19. The summed E-state index contributed by atoms with van der Waals surface area (Å²) in [5.74, 6) is 0. The average molecular weight is 202 g/mol. The van der Waals surface area contributed by atoms with E-state index >= 15 is 0 Å². The lowest BCUT2D eigenvalue weighted by molar-refractivity contribution is 0.763. The van der Waals surface area contributed by atoms with Gasteiger partial charge in [-0.2, -0.15) is 0 Å². The normalized spacial score (nSPS) is 10.5. The molecule has 2 aromatic rings. The highest BCUT2D eigenvalue weighted by Gasteiger charge is 2.00. The van der Waals surface area contributed by atoms with E-state index in [4.69, 9.17) is 0 Å². The summed E-state index contributed by atoms with van der Waals surface area (Å²) in [4.78, 5) is 0. The van der Waals surface area contributed by atoms with Crippen LogP contribution in [0, 0.1) is 0 Å². The largest absolute Gasteiger partial charge is 0.319 e. The van der Waals surface area contributed by atoms with Crippen molar-refractivity contribution in [2.45, 2.75) is 6.42 Å². The third-order valence-corrected chi connectivity index (χ3v) is 2.19. The number of hydrogen-bond acceptors (Lipinski definition) is 3. The summed E-state index contributed by atoms with van der Waals surface area (Å²) in [6.45, 7) is 0.924. The zero-order valence-electron chi connectivity index (χ0n) is 8.72. The van der Waals surface area contributed by atoms with E-state index in [1.54, 1.807) is 4.68 Å². The van der Waals surface area contributed by atoms with Crippen molar-refractivity contribution in [3.8, 4) is 5.69 Å². The van der Waals surface area contributed by atoms with Crippen LogP contribution in [0.5, 0.6) is 0 Å². The molecular weight excluding hydrogens is 188 g/mol. The number of benzene rings is 1. The summed E-state index contributed by atoms with van der Waals surface area (Å²) in [7, 11) is 1.93. The second-order valence-electron chi connectivity index (χ2n) is 3.34. The van der Waals surface area contributed by atoms with E-state index in [2.05, 4.69) is 15.6 Å². The van der Waals surface area contributed by atoms with Crippen molar-refractivity contribution in [2.75, 3.05) is 13.6 Å². The van der Waals surface area contributed by atoms with E-state index in [-0.39, 0.29) is 0 Å². The fourth-order valence-electron chi connectivity index (χ4n) is 1.37. The van der Waals surface area contributed by atoms with Crippen molar-refractivity contribution in [2.24, 2.45) is 0 Å². The zero-order valence-corrected chi connectivity index (χ0v) is 8.72. The van der Waals surface area contributed by atoms with Gasteiger partial charge >= 0.3 is 0 Å². The van der Waals surface area contributed by atoms with Crippen LogP contribution < -0.4 is 5.32 Å². The van der Waals surface area contributed by atoms with Crippen LogP contribution in [0.25, 0.3) is 5.69 Å². The maximum Gasteiger partial charge on any atom is 0.0844 e. The van der Waals surface area contributed by atoms with Gasteiger partial charge in [0.05, 0.1) is 17.6 Å². The van der Waals surface area contributed by atoms with Crippen molar-refractivity contribution in [1.29, 1.82) is 0 Å². The van der Waals surface area contributed by atoms with Crippen LogP contribution in [0.4, 0.5) is 0 Å². The van der Waals surface area contributed by atoms with Gasteiger partial charge in [0.25, 0.3) is 0 Å². The lowest BCUT2D eigenvalue weighted by Crippen LogP contribution is -2.10. The topological polar surface area (TPSA) is 42.7 Å². The summed E-state index contributed by atoms with van der Waals surface area (Å²) in [6, 6.07) is 9.99. The first kappa shape index (κ1) is 9.86. The first-order valence-corrected chi connectivity index (χ1v) is 5.01. The summed E-state index contributed by atoms with van der Waals surface area (Å²) < 4.78 is 1.80. The Morgan fingerprint density at radius 2 is 2.07 bits per heavy atom. The minimum atomic E-state index is 0.906. The molecule has 0 amide bonds. The fourth-order valence-corrected chi connectivity index (χ4v) is 1.37. The minimum Gasteiger partial charge on any atom is -0.319 e. The lowest BCUT2D eigenvalue weighted by atomic mass is 10.3. The van der Waals surface area contributed by atoms with Gasteiger partial charge < -0.3 is 5.32 Å². The Labute approximate surface area is 88.9 Å². The van der Waals surface area contributed by atoms with Gasteiger partial charge in [0.2, 0.25) is 0 Å². The van der Waals surface area contributed by atoms with Gasteiger partial charge in [-0.15, -0.1) is 5.10 Å². The first-order chi connectivity index (χ1) is 7.40. The molecule has 0 saturated carbocycles. The number of nitrogens with one attached hydrogen (secondary N) is 1.